The summed E-state index contributed by atoms with van der Waals surface area (Å²) in [5.74, 6) is -0.0940. The summed E-state index contributed by atoms with van der Waals surface area (Å²) >= 11 is 0.960. The van der Waals surface area contributed by atoms with Gasteiger partial charge in [-0.3, -0.25) is 4.79 Å². The van der Waals surface area contributed by atoms with Gasteiger partial charge in [0.05, 0.1) is 19.1 Å². The number of nitrogens with zero attached hydrogens (tertiary/aromatic N) is 3. The molecule has 116 valence electrons. The Hall–Kier alpha value is -1.35. The number of alkyl halides is 3. The number of rotatable bonds is 2. The van der Waals surface area contributed by atoms with E-state index >= 15 is 0 Å². The number of hydrogen-bond donors (Lipinski definition) is 0. The van der Waals surface area contributed by atoms with Crippen molar-refractivity contribution in [1.29, 1.82) is 0 Å². The van der Waals surface area contributed by atoms with Crippen LogP contribution in [0.1, 0.15) is 5.69 Å². The summed E-state index contributed by atoms with van der Waals surface area (Å²) in [5, 5.41) is 1.33. The highest BCUT2D eigenvalue weighted by Gasteiger charge is 2.39. The largest absolute Gasteiger partial charge is 0.434 e. The second-order valence-electron chi connectivity index (χ2n) is 5.05. The summed E-state index contributed by atoms with van der Waals surface area (Å²) in [7, 11) is 0. The monoisotopic (exact) mass is 321 g/mol. The van der Waals surface area contributed by atoms with E-state index in [0.29, 0.717) is 44.5 Å². The molecule has 2 aliphatic rings. The fourth-order valence-corrected chi connectivity index (χ4v) is 3.23. The molecule has 0 atom stereocenters. The number of amides is 1. The predicted octanol–water partition coefficient (Wildman–Crippen LogP) is 1.46. The van der Waals surface area contributed by atoms with Crippen LogP contribution in [-0.2, 0) is 15.7 Å². The number of morpholine rings is 1. The van der Waals surface area contributed by atoms with Gasteiger partial charge in [0.1, 0.15) is 0 Å². The second kappa shape index (κ2) is 5.45. The van der Waals surface area contributed by atoms with Gasteiger partial charge in [-0.2, -0.15) is 13.2 Å². The van der Waals surface area contributed by atoms with E-state index in [-0.39, 0.29) is 11.8 Å². The van der Waals surface area contributed by atoms with Gasteiger partial charge in [-0.25, -0.2) is 4.98 Å². The molecule has 1 aromatic rings. The van der Waals surface area contributed by atoms with E-state index in [1.807, 2.05) is 0 Å². The number of hydrogen-bond acceptors (Lipinski definition) is 5. The molecule has 0 spiro atoms. The summed E-state index contributed by atoms with van der Waals surface area (Å²) in [6, 6.07) is 0. The molecule has 0 N–H and O–H groups in total. The molecule has 9 heteroatoms. The van der Waals surface area contributed by atoms with Gasteiger partial charge >= 0.3 is 6.18 Å². The van der Waals surface area contributed by atoms with Crippen molar-refractivity contribution >= 4 is 22.4 Å². The minimum absolute atomic E-state index is 0.0575. The maximum absolute atomic E-state index is 12.5. The molecule has 5 nitrogen and oxygen atoms in total. The van der Waals surface area contributed by atoms with Crippen molar-refractivity contribution in [3.8, 4) is 0 Å². The van der Waals surface area contributed by atoms with Crippen LogP contribution in [0.5, 0.6) is 0 Å². The summed E-state index contributed by atoms with van der Waals surface area (Å²) in [5.41, 5.74) is -0.870. The van der Waals surface area contributed by atoms with Crippen molar-refractivity contribution in [1.82, 2.24) is 9.88 Å². The molecule has 3 heterocycles. The molecule has 2 fully saturated rings. The number of carbonyl (C=O) groups excluding carboxylic acids is 1. The highest BCUT2D eigenvalue weighted by Crippen LogP contribution is 2.35. The van der Waals surface area contributed by atoms with Crippen LogP contribution >= 0.6 is 11.3 Å². The molecule has 0 aliphatic carbocycles. The molecular formula is C12H14F3N3O2S. The van der Waals surface area contributed by atoms with Gasteiger partial charge in [-0.15, -0.1) is 11.3 Å². The van der Waals surface area contributed by atoms with Crippen LogP contribution in [0.25, 0.3) is 0 Å². The van der Waals surface area contributed by atoms with Crippen LogP contribution in [0.4, 0.5) is 18.3 Å². The highest BCUT2D eigenvalue weighted by molar-refractivity contribution is 7.13. The topological polar surface area (TPSA) is 45.7 Å². The normalized spacial score (nSPS) is 20.5. The van der Waals surface area contributed by atoms with Gasteiger partial charge in [0.25, 0.3) is 0 Å². The first-order valence-electron chi connectivity index (χ1n) is 6.59. The fourth-order valence-electron chi connectivity index (χ4n) is 2.37. The molecule has 0 saturated carbocycles. The zero-order valence-electron chi connectivity index (χ0n) is 11.1. The zero-order valence-corrected chi connectivity index (χ0v) is 11.9. The second-order valence-corrected chi connectivity index (χ2v) is 5.89. The Morgan fingerprint density at radius 3 is 2.57 bits per heavy atom. The lowest BCUT2D eigenvalue weighted by Gasteiger charge is -2.41. The first kappa shape index (κ1) is 14.6. The van der Waals surface area contributed by atoms with Gasteiger partial charge in [0, 0.05) is 31.6 Å². The number of thiazole rings is 1. The molecule has 2 aliphatic heterocycles. The van der Waals surface area contributed by atoms with E-state index in [9.17, 15) is 18.0 Å². The number of ether oxygens (including phenoxy) is 1. The summed E-state index contributed by atoms with van der Waals surface area (Å²) in [4.78, 5) is 19.2. The number of aromatic nitrogens is 1. The quantitative estimate of drug-likeness (QED) is 0.827. The number of halogens is 3. The minimum atomic E-state index is -4.41. The van der Waals surface area contributed by atoms with Crippen molar-refractivity contribution in [3.05, 3.63) is 11.1 Å². The molecule has 2 saturated heterocycles. The van der Waals surface area contributed by atoms with Crippen molar-refractivity contribution in [2.24, 2.45) is 5.92 Å². The van der Waals surface area contributed by atoms with E-state index in [2.05, 4.69) is 4.98 Å². The first-order chi connectivity index (χ1) is 9.95. The van der Waals surface area contributed by atoms with Crippen LogP contribution in [0, 0.1) is 5.92 Å². The molecule has 0 bridgehead atoms. The van der Waals surface area contributed by atoms with E-state index < -0.39 is 11.9 Å². The molecular weight excluding hydrogens is 307 g/mol. The number of carbonyl (C=O) groups is 1. The Morgan fingerprint density at radius 2 is 2.00 bits per heavy atom. The van der Waals surface area contributed by atoms with Crippen molar-refractivity contribution in [2.75, 3.05) is 44.3 Å². The lowest BCUT2D eigenvalue weighted by molar-refractivity contribution is -0.141. The Labute approximate surface area is 123 Å². The lowest BCUT2D eigenvalue weighted by Crippen LogP contribution is -2.56. The van der Waals surface area contributed by atoms with E-state index in [1.54, 1.807) is 9.80 Å². The van der Waals surface area contributed by atoms with E-state index in [4.69, 9.17) is 4.74 Å². The molecule has 1 amide bonds. The maximum atomic E-state index is 12.5. The van der Waals surface area contributed by atoms with Crippen LogP contribution in [0.15, 0.2) is 5.38 Å². The first-order valence-corrected chi connectivity index (χ1v) is 7.47. The lowest BCUT2D eigenvalue weighted by atomic mass is 9.99. The number of anilines is 1. The van der Waals surface area contributed by atoms with Crippen LogP contribution in [0.3, 0.4) is 0 Å². The maximum Gasteiger partial charge on any atom is 0.434 e. The smallest absolute Gasteiger partial charge is 0.378 e. The third-order valence-electron chi connectivity index (χ3n) is 3.61. The van der Waals surface area contributed by atoms with Crippen LogP contribution in [0.2, 0.25) is 0 Å². The van der Waals surface area contributed by atoms with Gasteiger partial charge < -0.3 is 14.5 Å². The van der Waals surface area contributed by atoms with E-state index in [0.717, 1.165) is 16.7 Å². The van der Waals surface area contributed by atoms with E-state index in [1.165, 1.54) is 0 Å². The Kier molecular flexibility index (Phi) is 3.78. The van der Waals surface area contributed by atoms with Crippen molar-refractivity contribution < 1.29 is 22.7 Å². The van der Waals surface area contributed by atoms with Crippen LogP contribution < -0.4 is 4.90 Å². The molecule has 21 heavy (non-hydrogen) atoms. The molecule has 0 aromatic carbocycles. The third-order valence-corrected chi connectivity index (χ3v) is 4.51. The van der Waals surface area contributed by atoms with Gasteiger partial charge in [-0.1, -0.05) is 0 Å². The third kappa shape index (κ3) is 2.98. The predicted molar refractivity (Wildman–Crippen MR) is 70.2 cm³/mol. The van der Waals surface area contributed by atoms with Gasteiger partial charge in [0.15, 0.2) is 10.8 Å². The standard InChI is InChI=1S/C12H14F3N3O2S/c13-12(14,15)9-7-21-11(16-9)18-5-8(6-18)10(19)17-1-3-20-4-2-17/h7-8H,1-6H2. The molecule has 0 radical (unpaired) electrons. The zero-order chi connectivity index (χ0) is 15.0. The average molecular weight is 321 g/mol. The van der Waals surface area contributed by atoms with Crippen molar-refractivity contribution in [2.45, 2.75) is 6.18 Å². The Balaban J connectivity index is 1.55. The van der Waals surface area contributed by atoms with Crippen molar-refractivity contribution in [3.63, 3.8) is 0 Å². The Morgan fingerprint density at radius 1 is 1.33 bits per heavy atom. The molecule has 1 aromatic heterocycles. The SMILES string of the molecule is O=C(C1CN(c2nc(C(F)(F)F)cs2)C1)N1CCOCC1. The fraction of sp³-hybridized carbons (Fsp3) is 0.667. The minimum Gasteiger partial charge on any atom is -0.378 e. The summed E-state index contributed by atoms with van der Waals surface area (Å²) in [6.07, 6.45) is -4.41. The van der Waals surface area contributed by atoms with Gasteiger partial charge in [0.2, 0.25) is 5.91 Å². The van der Waals surface area contributed by atoms with Crippen LogP contribution in [-0.4, -0.2) is 55.2 Å². The molecule has 0 unspecified atom stereocenters. The Bertz CT molecular complexity index is 522. The average Bonchev–Trinajstić information content (AvgIpc) is 2.87. The highest BCUT2D eigenvalue weighted by atomic mass is 32.1. The molecule has 3 rings (SSSR count). The summed E-state index contributed by atoms with van der Waals surface area (Å²) < 4.78 is 42.6. The summed E-state index contributed by atoms with van der Waals surface area (Å²) in [6.45, 7) is 3.13. The van der Waals surface area contributed by atoms with Gasteiger partial charge in [-0.05, 0) is 0 Å².